The maximum Gasteiger partial charge on any atom is 0.191 e. The number of nitrogens with zero attached hydrogens (tertiary/aromatic N) is 4. The molecule has 1 aromatic rings. The molecule has 178 valence electrons. The van der Waals surface area contributed by atoms with Crippen LogP contribution in [-0.2, 0) is 6.54 Å². The molecule has 0 amide bonds. The molecule has 1 aromatic carbocycles. The molecule has 6 heteroatoms. The summed E-state index contributed by atoms with van der Waals surface area (Å²) in [6, 6.07) is 11.4. The number of benzene rings is 1. The van der Waals surface area contributed by atoms with E-state index in [1.54, 1.807) is 0 Å². The van der Waals surface area contributed by atoms with Gasteiger partial charge in [0.25, 0.3) is 0 Å². The van der Waals surface area contributed by atoms with Crippen LogP contribution < -0.4 is 10.6 Å². The molecule has 0 aromatic heterocycles. The van der Waals surface area contributed by atoms with E-state index in [1.165, 1.54) is 83.2 Å². The van der Waals surface area contributed by atoms with E-state index in [0.717, 1.165) is 25.6 Å². The Morgan fingerprint density at radius 1 is 0.969 bits per heavy atom. The van der Waals surface area contributed by atoms with Crippen LogP contribution in [0.25, 0.3) is 0 Å². The summed E-state index contributed by atoms with van der Waals surface area (Å²) >= 11 is 0. The lowest BCUT2D eigenvalue weighted by atomic mass is 9.84. The second-order valence-electron chi connectivity index (χ2n) is 10.1. The van der Waals surface area contributed by atoms with Crippen molar-refractivity contribution in [3.05, 3.63) is 35.9 Å². The average molecular weight is 441 g/mol. The largest absolute Gasteiger partial charge is 0.355 e. The molecular weight excluding hydrogens is 396 g/mol. The molecule has 3 fully saturated rings. The molecule has 0 radical (unpaired) electrons. The second-order valence-corrected chi connectivity index (χ2v) is 10.1. The van der Waals surface area contributed by atoms with Crippen LogP contribution in [-0.4, -0.2) is 92.1 Å². The highest BCUT2D eigenvalue weighted by atomic mass is 15.3. The third-order valence-electron chi connectivity index (χ3n) is 7.99. The van der Waals surface area contributed by atoms with Gasteiger partial charge in [0.1, 0.15) is 0 Å². The van der Waals surface area contributed by atoms with Crippen LogP contribution in [0.1, 0.15) is 50.5 Å². The smallest absolute Gasteiger partial charge is 0.191 e. The molecule has 1 atom stereocenters. The number of rotatable bonds is 7. The van der Waals surface area contributed by atoms with Gasteiger partial charge in [0, 0.05) is 38.3 Å². The molecule has 4 rings (SSSR count). The standard InChI is InChI=1S/C26H44N6/c1-27-25(28-20-24-12-9-15-31(24)21-23-10-5-3-6-11-23)29-22-26(13-18-30(2)19-14-26)32-16-7-4-8-17-32/h3,5-6,10-11,24H,4,7-9,12-22H2,1-2H3,(H2,27,28,29). The summed E-state index contributed by atoms with van der Waals surface area (Å²) in [6.07, 6.45) is 9.15. The molecule has 2 N–H and O–H groups in total. The van der Waals surface area contributed by atoms with Crippen LogP contribution in [0.2, 0.25) is 0 Å². The van der Waals surface area contributed by atoms with Gasteiger partial charge in [-0.3, -0.25) is 14.8 Å². The molecule has 32 heavy (non-hydrogen) atoms. The predicted octanol–water partition coefficient (Wildman–Crippen LogP) is 2.77. The fraction of sp³-hybridized carbons (Fsp3) is 0.731. The summed E-state index contributed by atoms with van der Waals surface area (Å²) in [6.45, 7) is 9.11. The maximum atomic E-state index is 4.58. The van der Waals surface area contributed by atoms with Crippen molar-refractivity contribution in [3.8, 4) is 0 Å². The van der Waals surface area contributed by atoms with Gasteiger partial charge in [-0.25, -0.2) is 0 Å². The Labute approximate surface area is 195 Å². The van der Waals surface area contributed by atoms with Crippen LogP contribution in [0.5, 0.6) is 0 Å². The van der Waals surface area contributed by atoms with E-state index in [0.29, 0.717) is 6.04 Å². The SMILES string of the molecule is CN=C(NCC1CCCN1Cc1ccccc1)NCC1(N2CCCCC2)CCN(C)CC1. The third-order valence-corrected chi connectivity index (χ3v) is 7.99. The number of hydrogen-bond acceptors (Lipinski definition) is 4. The van der Waals surface area contributed by atoms with Gasteiger partial charge in [0.05, 0.1) is 0 Å². The summed E-state index contributed by atoms with van der Waals surface area (Å²) < 4.78 is 0. The summed E-state index contributed by atoms with van der Waals surface area (Å²) in [7, 11) is 4.17. The number of guanidine groups is 1. The zero-order chi connectivity index (χ0) is 22.2. The van der Waals surface area contributed by atoms with Crippen LogP contribution in [0.4, 0.5) is 0 Å². The fourth-order valence-electron chi connectivity index (χ4n) is 5.84. The summed E-state index contributed by atoms with van der Waals surface area (Å²) in [5.41, 5.74) is 1.68. The molecule has 0 spiro atoms. The topological polar surface area (TPSA) is 46.1 Å². The van der Waals surface area contributed by atoms with Crippen molar-refractivity contribution < 1.29 is 0 Å². The molecule has 3 heterocycles. The molecule has 0 saturated carbocycles. The van der Waals surface area contributed by atoms with Gasteiger partial charge < -0.3 is 15.5 Å². The normalized spacial score (nSPS) is 25.7. The van der Waals surface area contributed by atoms with Crippen molar-refractivity contribution in [3.63, 3.8) is 0 Å². The predicted molar refractivity (Wildman–Crippen MR) is 134 cm³/mol. The number of likely N-dealkylation sites (tertiary alicyclic amines) is 3. The van der Waals surface area contributed by atoms with E-state index in [9.17, 15) is 0 Å². The Hall–Kier alpha value is -1.63. The molecule has 3 aliphatic heterocycles. The van der Waals surface area contributed by atoms with Crippen molar-refractivity contribution in [1.82, 2.24) is 25.3 Å². The third kappa shape index (κ3) is 6.03. The molecule has 1 unspecified atom stereocenters. The van der Waals surface area contributed by atoms with E-state index in [1.807, 2.05) is 7.05 Å². The quantitative estimate of drug-likeness (QED) is 0.504. The monoisotopic (exact) mass is 440 g/mol. The summed E-state index contributed by atoms with van der Waals surface area (Å²) in [4.78, 5) is 12.5. The van der Waals surface area contributed by atoms with Crippen molar-refractivity contribution in [2.24, 2.45) is 4.99 Å². The van der Waals surface area contributed by atoms with Crippen molar-refractivity contribution >= 4 is 5.96 Å². The Balaban J connectivity index is 1.30. The molecule has 6 nitrogen and oxygen atoms in total. The van der Waals surface area contributed by atoms with Gasteiger partial charge in [0.15, 0.2) is 5.96 Å². The highest BCUT2D eigenvalue weighted by Crippen LogP contribution is 2.31. The first-order chi connectivity index (χ1) is 15.7. The van der Waals surface area contributed by atoms with Gasteiger partial charge in [-0.1, -0.05) is 36.8 Å². The van der Waals surface area contributed by atoms with Crippen LogP contribution >= 0.6 is 0 Å². The minimum atomic E-state index is 0.275. The zero-order valence-electron chi connectivity index (χ0n) is 20.4. The van der Waals surface area contributed by atoms with Gasteiger partial charge in [-0.2, -0.15) is 0 Å². The Morgan fingerprint density at radius 3 is 2.44 bits per heavy atom. The van der Waals surface area contributed by atoms with Gasteiger partial charge in [-0.15, -0.1) is 0 Å². The fourth-order valence-corrected chi connectivity index (χ4v) is 5.84. The molecule has 3 saturated heterocycles. The van der Waals surface area contributed by atoms with Crippen LogP contribution in [0.15, 0.2) is 35.3 Å². The lowest BCUT2D eigenvalue weighted by molar-refractivity contribution is 0.0173. The number of hydrogen-bond donors (Lipinski definition) is 2. The highest BCUT2D eigenvalue weighted by molar-refractivity contribution is 5.79. The summed E-state index contributed by atoms with van der Waals surface area (Å²) in [5, 5.41) is 7.40. The van der Waals surface area contributed by atoms with Crippen molar-refractivity contribution in [2.45, 2.75) is 63.1 Å². The van der Waals surface area contributed by atoms with E-state index in [2.05, 4.69) is 67.7 Å². The maximum absolute atomic E-state index is 4.58. The summed E-state index contributed by atoms with van der Waals surface area (Å²) in [5.74, 6) is 0.965. The van der Waals surface area contributed by atoms with E-state index < -0.39 is 0 Å². The number of nitrogens with one attached hydrogen (secondary N) is 2. The Morgan fingerprint density at radius 2 is 1.72 bits per heavy atom. The Kier molecular flexibility index (Phi) is 8.44. The molecule has 0 bridgehead atoms. The van der Waals surface area contributed by atoms with Crippen LogP contribution in [0.3, 0.4) is 0 Å². The number of piperidine rings is 2. The molecule has 3 aliphatic rings. The minimum absolute atomic E-state index is 0.275. The lowest BCUT2D eigenvalue weighted by Crippen LogP contribution is -2.62. The first-order valence-corrected chi connectivity index (χ1v) is 12.8. The van der Waals surface area contributed by atoms with Crippen molar-refractivity contribution in [2.75, 3.05) is 59.9 Å². The first kappa shape index (κ1) is 23.5. The lowest BCUT2D eigenvalue weighted by Gasteiger charge is -2.50. The first-order valence-electron chi connectivity index (χ1n) is 12.8. The average Bonchev–Trinajstić information content (AvgIpc) is 3.28. The van der Waals surface area contributed by atoms with Gasteiger partial charge in [-0.05, 0) is 83.9 Å². The van der Waals surface area contributed by atoms with E-state index >= 15 is 0 Å². The van der Waals surface area contributed by atoms with Gasteiger partial charge >= 0.3 is 0 Å². The zero-order valence-corrected chi connectivity index (χ0v) is 20.4. The van der Waals surface area contributed by atoms with Crippen LogP contribution in [0, 0.1) is 0 Å². The Bertz CT molecular complexity index is 706. The minimum Gasteiger partial charge on any atom is -0.355 e. The van der Waals surface area contributed by atoms with E-state index in [4.69, 9.17) is 0 Å². The highest BCUT2D eigenvalue weighted by Gasteiger charge is 2.39. The molecule has 0 aliphatic carbocycles. The van der Waals surface area contributed by atoms with Crippen molar-refractivity contribution in [1.29, 1.82) is 0 Å². The second kappa shape index (κ2) is 11.5. The van der Waals surface area contributed by atoms with Gasteiger partial charge in [0.2, 0.25) is 0 Å². The van der Waals surface area contributed by atoms with E-state index in [-0.39, 0.29) is 5.54 Å². The molecular formula is C26H44N6. The number of aliphatic imine (C=N–C) groups is 1.